The van der Waals surface area contributed by atoms with Gasteiger partial charge in [-0.25, -0.2) is 4.39 Å². The van der Waals surface area contributed by atoms with Crippen LogP contribution < -0.4 is 5.32 Å². The van der Waals surface area contributed by atoms with Crippen LogP contribution in [0.1, 0.15) is 24.8 Å². The van der Waals surface area contributed by atoms with E-state index in [1.165, 1.54) is 25.0 Å². The molecule has 1 amide bonds. The summed E-state index contributed by atoms with van der Waals surface area (Å²) in [5, 5.41) is 3.08. The van der Waals surface area contributed by atoms with Crippen molar-refractivity contribution in [2.45, 2.75) is 37.8 Å². The maximum absolute atomic E-state index is 12.8. The largest absolute Gasteiger partial charge is 0.352 e. The van der Waals surface area contributed by atoms with Crippen molar-refractivity contribution in [1.82, 2.24) is 10.2 Å². The third-order valence-electron chi connectivity index (χ3n) is 3.93. The highest BCUT2D eigenvalue weighted by Gasteiger charge is 2.34. The molecule has 0 bridgehead atoms. The van der Waals surface area contributed by atoms with E-state index in [4.69, 9.17) is 0 Å². The van der Waals surface area contributed by atoms with Gasteiger partial charge in [0, 0.05) is 25.2 Å². The number of hydrogen-bond donors (Lipinski definition) is 1. The molecule has 0 radical (unpaired) electrons. The van der Waals surface area contributed by atoms with Crippen LogP contribution in [0, 0.1) is 5.82 Å². The van der Waals surface area contributed by atoms with Crippen LogP contribution in [-0.2, 0) is 11.2 Å². The van der Waals surface area contributed by atoms with Crippen molar-refractivity contribution in [2.75, 3.05) is 13.1 Å². The number of halogens is 1. The van der Waals surface area contributed by atoms with Gasteiger partial charge < -0.3 is 5.32 Å². The average molecular weight is 262 g/mol. The van der Waals surface area contributed by atoms with E-state index < -0.39 is 0 Å². The summed E-state index contributed by atoms with van der Waals surface area (Å²) in [7, 11) is 0. The van der Waals surface area contributed by atoms with Crippen molar-refractivity contribution in [3.05, 3.63) is 35.6 Å². The van der Waals surface area contributed by atoms with Crippen molar-refractivity contribution >= 4 is 5.91 Å². The molecule has 102 valence electrons. The molecule has 1 aliphatic heterocycles. The fraction of sp³-hybridized carbons (Fsp3) is 0.533. The smallest absolute Gasteiger partial charge is 0.224 e. The van der Waals surface area contributed by atoms with Crippen LogP contribution in [0.3, 0.4) is 0 Å². The first-order chi connectivity index (χ1) is 9.20. The third kappa shape index (κ3) is 3.32. The minimum atomic E-state index is -0.264. The highest BCUT2D eigenvalue weighted by atomic mass is 19.1. The van der Waals surface area contributed by atoms with Crippen molar-refractivity contribution in [1.29, 1.82) is 0 Å². The number of carbonyl (C=O) groups is 1. The van der Waals surface area contributed by atoms with E-state index in [1.807, 2.05) is 0 Å². The summed E-state index contributed by atoms with van der Waals surface area (Å²) < 4.78 is 12.8. The fourth-order valence-corrected chi connectivity index (χ4v) is 2.74. The first-order valence-corrected chi connectivity index (χ1v) is 6.98. The molecular formula is C15H19FN2O. The predicted octanol–water partition coefficient (Wildman–Crippen LogP) is 1.72. The summed E-state index contributed by atoms with van der Waals surface area (Å²) in [4.78, 5) is 14.4. The van der Waals surface area contributed by atoms with Crippen LogP contribution >= 0.6 is 0 Å². The lowest BCUT2D eigenvalue weighted by atomic mass is 10.1. The second kappa shape index (κ2) is 5.29. The number of likely N-dealkylation sites (tertiary alicyclic amines) is 1. The lowest BCUT2D eigenvalue weighted by Gasteiger charge is -2.15. The van der Waals surface area contributed by atoms with Gasteiger partial charge in [-0.05, 0) is 37.0 Å². The molecule has 1 heterocycles. The molecule has 3 nitrogen and oxygen atoms in total. The Hall–Kier alpha value is -1.42. The minimum Gasteiger partial charge on any atom is -0.352 e. The monoisotopic (exact) mass is 262 g/mol. The molecule has 1 saturated carbocycles. The van der Waals surface area contributed by atoms with E-state index in [2.05, 4.69) is 10.2 Å². The molecule has 2 fully saturated rings. The zero-order chi connectivity index (χ0) is 13.2. The molecule has 1 atom stereocenters. The van der Waals surface area contributed by atoms with Crippen molar-refractivity contribution in [3.8, 4) is 0 Å². The Bertz CT molecular complexity index is 456. The number of carbonyl (C=O) groups excluding carboxylic acids is 1. The van der Waals surface area contributed by atoms with Crippen molar-refractivity contribution in [2.24, 2.45) is 0 Å². The topological polar surface area (TPSA) is 32.3 Å². The average Bonchev–Trinajstić information content (AvgIpc) is 3.14. The number of benzene rings is 1. The van der Waals surface area contributed by atoms with Crippen LogP contribution in [0.4, 0.5) is 4.39 Å². The van der Waals surface area contributed by atoms with E-state index in [1.54, 1.807) is 12.1 Å². The van der Waals surface area contributed by atoms with Crippen molar-refractivity contribution < 1.29 is 9.18 Å². The van der Waals surface area contributed by atoms with E-state index in [0.29, 0.717) is 6.42 Å². The molecule has 4 heteroatoms. The SMILES string of the molecule is O=C(Cc1ccc(F)cc1)NC1CCN(C2CC2)C1. The van der Waals surface area contributed by atoms with Crippen LogP contribution in [0.25, 0.3) is 0 Å². The molecule has 2 aliphatic rings. The van der Waals surface area contributed by atoms with Gasteiger partial charge in [0.05, 0.1) is 6.42 Å². The Morgan fingerprint density at radius 1 is 1.26 bits per heavy atom. The van der Waals surface area contributed by atoms with Gasteiger partial charge in [-0.15, -0.1) is 0 Å². The molecular weight excluding hydrogens is 243 g/mol. The third-order valence-corrected chi connectivity index (χ3v) is 3.93. The van der Waals surface area contributed by atoms with E-state index in [9.17, 15) is 9.18 Å². The van der Waals surface area contributed by atoms with E-state index in [0.717, 1.165) is 31.1 Å². The number of hydrogen-bond acceptors (Lipinski definition) is 2. The highest BCUT2D eigenvalue weighted by Crippen LogP contribution is 2.29. The molecule has 19 heavy (non-hydrogen) atoms. The maximum Gasteiger partial charge on any atom is 0.224 e. The second-order valence-electron chi connectivity index (χ2n) is 5.58. The normalized spacial score (nSPS) is 23.5. The van der Waals surface area contributed by atoms with Crippen LogP contribution in [0.5, 0.6) is 0 Å². The van der Waals surface area contributed by atoms with Gasteiger partial charge in [-0.1, -0.05) is 12.1 Å². The second-order valence-corrected chi connectivity index (χ2v) is 5.58. The van der Waals surface area contributed by atoms with Crippen molar-refractivity contribution in [3.63, 3.8) is 0 Å². The predicted molar refractivity (Wildman–Crippen MR) is 71.2 cm³/mol. The number of rotatable bonds is 4. The quantitative estimate of drug-likeness (QED) is 0.896. The van der Waals surface area contributed by atoms with E-state index in [-0.39, 0.29) is 17.8 Å². The number of nitrogens with zero attached hydrogens (tertiary/aromatic N) is 1. The molecule has 1 aromatic rings. The zero-order valence-corrected chi connectivity index (χ0v) is 10.9. The van der Waals surface area contributed by atoms with Gasteiger partial charge in [0.1, 0.15) is 5.82 Å². The first-order valence-electron chi connectivity index (χ1n) is 6.98. The molecule has 1 aliphatic carbocycles. The minimum absolute atomic E-state index is 0.0363. The summed E-state index contributed by atoms with van der Waals surface area (Å²) in [5.74, 6) is -0.228. The van der Waals surface area contributed by atoms with Crippen LogP contribution in [0.2, 0.25) is 0 Å². The molecule has 1 aromatic carbocycles. The van der Waals surface area contributed by atoms with Crippen LogP contribution in [0.15, 0.2) is 24.3 Å². The Morgan fingerprint density at radius 2 is 2.00 bits per heavy atom. The van der Waals surface area contributed by atoms with Gasteiger partial charge in [-0.2, -0.15) is 0 Å². The molecule has 3 rings (SSSR count). The number of amides is 1. The van der Waals surface area contributed by atoms with E-state index >= 15 is 0 Å². The maximum atomic E-state index is 12.8. The Morgan fingerprint density at radius 3 is 2.68 bits per heavy atom. The Balaban J connectivity index is 1.47. The van der Waals surface area contributed by atoms with Gasteiger partial charge in [0.2, 0.25) is 5.91 Å². The summed E-state index contributed by atoms with van der Waals surface area (Å²) >= 11 is 0. The Kier molecular flexibility index (Phi) is 3.51. The summed E-state index contributed by atoms with van der Waals surface area (Å²) in [6.45, 7) is 2.09. The summed E-state index contributed by atoms with van der Waals surface area (Å²) in [5.41, 5.74) is 0.857. The number of nitrogens with one attached hydrogen (secondary N) is 1. The lowest BCUT2D eigenvalue weighted by molar-refractivity contribution is -0.121. The first kappa shape index (κ1) is 12.6. The molecule has 0 spiro atoms. The molecule has 1 saturated heterocycles. The summed E-state index contributed by atoms with van der Waals surface area (Å²) in [6.07, 6.45) is 4.01. The standard InChI is InChI=1S/C15H19FN2O/c16-12-3-1-11(2-4-12)9-15(19)17-13-7-8-18(10-13)14-5-6-14/h1-4,13-14H,5-10H2,(H,17,19). The lowest BCUT2D eigenvalue weighted by Crippen LogP contribution is -2.38. The molecule has 1 N–H and O–H groups in total. The van der Waals surface area contributed by atoms with Gasteiger partial charge >= 0.3 is 0 Å². The molecule has 1 unspecified atom stereocenters. The molecule has 0 aromatic heterocycles. The fourth-order valence-electron chi connectivity index (χ4n) is 2.74. The Labute approximate surface area is 112 Å². The van der Waals surface area contributed by atoms with Gasteiger partial charge in [-0.3, -0.25) is 9.69 Å². The van der Waals surface area contributed by atoms with Gasteiger partial charge in [0.25, 0.3) is 0 Å². The van der Waals surface area contributed by atoms with Crippen LogP contribution in [-0.4, -0.2) is 36.0 Å². The zero-order valence-electron chi connectivity index (χ0n) is 10.9. The summed E-state index contributed by atoms with van der Waals surface area (Å²) in [6, 6.07) is 7.19. The highest BCUT2D eigenvalue weighted by molar-refractivity contribution is 5.78. The van der Waals surface area contributed by atoms with Gasteiger partial charge in [0.15, 0.2) is 0 Å².